The zero-order valence-corrected chi connectivity index (χ0v) is 14.8. The van der Waals surface area contributed by atoms with Crippen molar-refractivity contribution in [3.63, 3.8) is 0 Å². The Kier molecular flexibility index (Phi) is 3.80. The summed E-state index contributed by atoms with van der Waals surface area (Å²) in [7, 11) is 0. The van der Waals surface area contributed by atoms with Crippen LogP contribution in [0.15, 0.2) is 54.6 Å². The average molecular weight is 345 g/mol. The summed E-state index contributed by atoms with van der Waals surface area (Å²) in [6.45, 7) is 3.84. The molecule has 130 valence electrons. The molecular formula is C21H19N3O2. The van der Waals surface area contributed by atoms with Crippen LogP contribution < -0.4 is 0 Å². The summed E-state index contributed by atoms with van der Waals surface area (Å²) in [4.78, 5) is 35.9. The van der Waals surface area contributed by atoms with Gasteiger partial charge in [-0.2, -0.15) is 0 Å². The molecule has 0 aliphatic carbocycles. The molecule has 1 atom stereocenters. The minimum absolute atomic E-state index is 0.103. The number of carbonyl (C=O) groups is 2. The van der Waals surface area contributed by atoms with E-state index in [1.165, 1.54) is 4.90 Å². The van der Waals surface area contributed by atoms with Crippen molar-refractivity contribution in [1.29, 1.82) is 0 Å². The number of nitrogens with zero attached hydrogens (tertiary/aromatic N) is 3. The second-order valence-electron chi connectivity index (χ2n) is 6.90. The predicted molar refractivity (Wildman–Crippen MR) is 98.2 cm³/mol. The number of likely N-dealkylation sites (tertiary alicyclic amines) is 1. The Balaban J connectivity index is 1.67. The van der Waals surface area contributed by atoms with Crippen molar-refractivity contribution in [3.8, 4) is 0 Å². The van der Waals surface area contributed by atoms with Gasteiger partial charge in [0.25, 0.3) is 0 Å². The summed E-state index contributed by atoms with van der Waals surface area (Å²) in [5, 5.41) is 0.976. The first kappa shape index (κ1) is 16.4. The lowest BCUT2D eigenvalue weighted by atomic mass is 9.81. The normalized spacial score (nSPS) is 20.2. The van der Waals surface area contributed by atoms with E-state index in [1.54, 1.807) is 0 Å². The molecule has 5 nitrogen and oxygen atoms in total. The van der Waals surface area contributed by atoms with Gasteiger partial charge in [-0.25, -0.2) is 9.97 Å². The summed E-state index contributed by atoms with van der Waals surface area (Å²) in [6.07, 6.45) is 0.169. The average Bonchev–Trinajstić information content (AvgIpc) is 2.87. The fourth-order valence-electron chi connectivity index (χ4n) is 3.58. The zero-order valence-electron chi connectivity index (χ0n) is 14.8. The van der Waals surface area contributed by atoms with E-state index in [0.29, 0.717) is 5.82 Å². The topological polar surface area (TPSA) is 63.2 Å². The number of rotatable bonds is 3. The number of para-hydroxylation sites is 1. The number of aromatic nitrogens is 2. The first-order valence-electron chi connectivity index (χ1n) is 8.61. The van der Waals surface area contributed by atoms with Gasteiger partial charge >= 0.3 is 0 Å². The quantitative estimate of drug-likeness (QED) is 0.684. The van der Waals surface area contributed by atoms with Gasteiger partial charge < -0.3 is 0 Å². The van der Waals surface area contributed by atoms with Crippen LogP contribution >= 0.6 is 0 Å². The van der Waals surface area contributed by atoms with Crippen molar-refractivity contribution in [1.82, 2.24) is 14.9 Å². The zero-order chi connectivity index (χ0) is 18.3. The van der Waals surface area contributed by atoms with Crippen molar-refractivity contribution in [2.24, 2.45) is 0 Å². The number of hydrogen-bond donors (Lipinski definition) is 0. The van der Waals surface area contributed by atoms with E-state index in [4.69, 9.17) is 0 Å². The van der Waals surface area contributed by atoms with Gasteiger partial charge in [0, 0.05) is 17.5 Å². The number of amides is 2. The Hall–Kier alpha value is -3.08. The molecule has 3 aromatic rings. The molecule has 0 radical (unpaired) electrons. The summed E-state index contributed by atoms with van der Waals surface area (Å²) in [5.41, 5.74) is 1.69. The largest absolute Gasteiger partial charge is 0.274 e. The van der Waals surface area contributed by atoms with Gasteiger partial charge in [0.15, 0.2) is 0 Å². The van der Waals surface area contributed by atoms with Crippen LogP contribution in [0.1, 0.15) is 30.4 Å². The van der Waals surface area contributed by atoms with Crippen molar-refractivity contribution < 1.29 is 9.59 Å². The Morgan fingerprint density at radius 1 is 1.00 bits per heavy atom. The number of aryl methyl sites for hydroxylation is 1. The molecule has 1 aliphatic rings. The molecule has 0 spiro atoms. The molecule has 2 heterocycles. The van der Waals surface area contributed by atoms with Crippen LogP contribution in [0.3, 0.4) is 0 Å². The molecule has 4 rings (SSSR count). The highest BCUT2D eigenvalue weighted by Gasteiger charge is 2.49. The highest BCUT2D eigenvalue weighted by molar-refractivity contribution is 6.08. The van der Waals surface area contributed by atoms with Crippen LogP contribution in [0.5, 0.6) is 0 Å². The molecule has 1 fully saturated rings. The fraction of sp³-hybridized carbons (Fsp3) is 0.238. The van der Waals surface area contributed by atoms with Gasteiger partial charge in [-0.3, -0.25) is 14.5 Å². The van der Waals surface area contributed by atoms with Gasteiger partial charge in [0.1, 0.15) is 5.82 Å². The molecule has 0 saturated carbocycles. The number of hydrogen-bond acceptors (Lipinski definition) is 4. The Labute approximate surface area is 151 Å². The van der Waals surface area contributed by atoms with Gasteiger partial charge in [-0.1, -0.05) is 48.5 Å². The van der Waals surface area contributed by atoms with Crippen molar-refractivity contribution in [2.45, 2.75) is 32.2 Å². The highest BCUT2D eigenvalue weighted by atomic mass is 16.2. The summed E-state index contributed by atoms with van der Waals surface area (Å²) < 4.78 is 0. The van der Waals surface area contributed by atoms with E-state index in [2.05, 4.69) is 9.97 Å². The summed E-state index contributed by atoms with van der Waals surface area (Å²) in [6, 6.07) is 17.2. The molecule has 2 aromatic carbocycles. The predicted octanol–water partition coefficient (Wildman–Crippen LogP) is 3.16. The molecule has 1 aromatic heterocycles. The van der Waals surface area contributed by atoms with Gasteiger partial charge in [-0.15, -0.1) is 0 Å². The van der Waals surface area contributed by atoms with Crippen LogP contribution in [0.25, 0.3) is 10.9 Å². The minimum Gasteiger partial charge on any atom is -0.274 e. The third-order valence-corrected chi connectivity index (χ3v) is 5.07. The van der Waals surface area contributed by atoms with Crippen molar-refractivity contribution in [3.05, 3.63) is 71.7 Å². The lowest BCUT2D eigenvalue weighted by molar-refractivity contribution is -0.140. The van der Waals surface area contributed by atoms with E-state index >= 15 is 0 Å². The van der Waals surface area contributed by atoms with E-state index < -0.39 is 5.41 Å². The Morgan fingerprint density at radius 2 is 1.69 bits per heavy atom. The van der Waals surface area contributed by atoms with Crippen molar-refractivity contribution >= 4 is 22.7 Å². The fourth-order valence-corrected chi connectivity index (χ4v) is 3.58. The maximum absolute atomic E-state index is 13.0. The Bertz CT molecular complexity index is 1020. The molecule has 0 N–H and O–H groups in total. The standard InChI is InChI=1S/C21H19N3O2/c1-14-16-10-6-7-11-17(16)23-18(22-14)13-24-19(25)12-21(2,20(24)26)15-8-4-3-5-9-15/h3-11H,12-13H2,1-2H3. The van der Waals surface area contributed by atoms with Gasteiger partial charge in [0.05, 0.1) is 17.5 Å². The van der Waals surface area contributed by atoms with Crippen LogP contribution in [0, 0.1) is 6.92 Å². The molecule has 26 heavy (non-hydrogen) atoms. The van der Waals surface area contributed by atoms with E-state index in [-0.39, 0.29) is 24.8 Å². The van der Waals surface area contributed by atoms with Crippen LogP contribution in [0.4, 0.5) is 0 Å². The van der Waals surface area contributed by atoms with E-state index in [9.17, 15) is 9.59 Å². The molecular weight excluding hydrogens is 326 g/mol. The highest BCUT2D eigenvalue weighted by Crippen LogP contribution is 2.36. The van der Waals surface area contributed by atoms with Crippen LogP contribution in [-0.2, 0) is 21.5 Å². The number of benzene rings is 2. The van der Waals surface area contributed by atoms with Crippen molar-refractivity contribution in [2.75, 3.05) is 0 Å². The molecule has 2 amide bonds. The van der Waals surface area contributed by atoms with E-state index in [1.807, 2.05) is 68.4 Å². The first-order valence-corrected chi connectivity index (χ1v) is 8.61. The molecule has 1 aliphatic heterocycles. The molecule has 1 saturated heterocycles. The third-order valence-electron chi connectivity index (χ3n) is 5.07. The number of fused-ring (bicyclic) bond motifs is 1. The monoisotopic (exact) mass is 345 g/mol. The maximum atomic E-state index is 13.0. The van der Waals surface area contributed by atoms with Gasteiger partial charge in [0.2, 0.25) is 11.8 Å². The van der Waals surface area contributed by atoms with Crippen LogP contribution in [-0.4, -0.2) is 26.7 Å². The Morgan fingerprint density at radius 3 is 2.46 bits per heavy atom. The van der Waals surface area contributed by atoms with E-state index in [0.717, 1.165) is 22.2 Å². The number of imide groups is 1. The second-order valence-corrected chi connectivity index (χ2v) is 6.90. The maximum Gasteiger partial charge on any atom is 0.240 e. The molecule has 5 heteroatoms. The van der Waals surface area contributed by atoms with Crippen LogP contribution in [0.2, 0.25) is 0 Å². The third kappa shape index (κ3) is 2.56. The van der Waals surface area contributed by atoms with Gasteiger partial charge in [-0.05, 0) is 25.5 Å². The minimum atomic E-state index is -0.829. The number of carbonyl (C=O) groups excluding carboxylic acids is 2. The molecule has 1 unspecified atom stereocenters. The SMILES string of the molecule is Cc1nc(CN2C(=O)CC(C)(c3ccccc3)C2=O)nc2ccccc12. The summed E-state index contributed by atoms with van der Waals surface area (Å²) in [5.74, 6) is 0.110. The smallest absolute Gasteiger partial charge is 0.240 e. The lowest BCUT2D eigenvalue weighted by Gasteiger charge is -2.22. The lowest BCUT2D eigenvalue weighted by Crippen LogP contribution is -2.36. The summed E-state index contributed by atoms with van der Waals surface area (Å²) >= 11 is 0. The molecule has 0 bridgehead atoms. The first-order chi connectivity index (χ1) is 12.5. The second kappa shape index (κ2) is 6.02.